The van der Waals surface area contributed by atoms with Crippen LogP contribution in [0.3, 0.4) is 0 Å². The lowest BCUT2D eigenvalue weighted by atomic mass is 10.3. The van der Waals surface area contributed by atoms with Gasteiger partial charge in [-0.25, -0.2) is 8.42 Å². The summed E-state index contributed by atoms with van der Waals surface area (Å²) in [6.45, 7) is -2.94. The van der Waals surface area contributed by atoms with Crippen molar-refractivity contribution in [2.75, 3.05) is 32.1 Å². The molecule has 2 N–H and O–H groups in total. The van der Waals surface area contributed by atoms with Crippen molar-refractivity contribution in [1.82, 2.24) is 4.31 Å². The van der Waals surface area contributed by atoms with Crippen LogP contribution < -0.4 is 5.32 Å². The van der Waals surface area contributed by atoms with Crippen molar-refractivity contribution < 1.29 is 26.7 Å². The second-order valence-electron chi connectivity index (χ2n) is 3.95. The first-order valence-corrected chi connectivity index (χ1v) is 7.10. The fourth-order valence-corrected chi connectivity index (χ4v) is 2.95. The highest BCUT2D eigenvalue weighted by Gasteiger charge is 2.36. The first-order valence-electron chi connectivity index (χ1n) is 5.66. The van der Waals surface area contributed by atoms with Crippen LogP contribution >= 0.6 is 0 Å². The molecule has 0 spiro atoms. The Morgan fingerprint density at radius 1 is 1.25 bits per heavy atom. The third-order valence-corrected chi connectivity index (χ3v) is 4.35. The first-order chi connectivity index (χ1) is 9.20. The zero-order chi connectivity index (χ0) is 15.4. The third-order valence-electron chi connectivity index (χ3n) is 2.49. The van der Waals surface area contributed by atoms with Gasteiger partial charge in [0.15, 0.2) is 0 Å². The Morgan fingerprint density at radius 2 is 1.80 bits per heavy atom. The van der Waals surface area contributed by atoms with Crippen molar-refractivity contribution in [3.05, 3.63) is 24.3 Å². The number of rotatable bonds is 6. The number of anilines is 1. The van der Waals surface area contributed by atoms with E-state index in [0.29, 0.717) is 5.69 Å². The van der Waals surface area contributed by atoms with Crippen molar-refractivity contribution in [2.24, 2.45) is 0 Å². The van der Waals surface area contributed by atoms with Gasteiger partial charge in [0.2, 0.25) is 10.0 Å². The van der Waals surface area contributed by atoms with E-state index in [2.05, 4.69) is 5.32 Å². The van der Waals surface area contributed by atoms with E-state index in [4.69, 9.17) is 5.11 Å². The molecule has 20 heavy (non-hydrogen) atoms. The molecular weight excluding hydrogens is 297 g/mol. The van der Waals surface area contributed by atoms with Gasteiger partial charge < -0.3 is 10.4 Å². The van der Waals surface area contributed by atoms with Crippen molar-refractivity contribution in [2.45, 2.75) is 11.1 Å². The van der Waals surface area contributed by atoms with Gasteiger partial charge in [0.05, 0.1) is 11.5 Å². The van der Waals surface area contributed by atoms with Crippen LogP contribution in [-0.2, 0) is 10.0 Å². The van der Waals surface area contributed by atoms with Crippen LogP contribution in [0.25, 0.3) is 0 Å². The summed E-state index contributed by atoms with van der Waals surface area (Å²) in [6.07, 6.45) is -4.67. The van der Waals surface area contributed by atoms with Gasteiger partial charge >= 0.3 is 6.18 Å². The summed E-state index contributed by atoms with van der Waals surface area (Å²) in [7, 11) is -2.67. The molecule has 0 radical (unpaired) electrons. The number of sulfonamides is 1. The van der Waals surface area contributed by atoms with Gasteiger partial charge in [-0.3, -0.25) is 0 Å². The minimum absolute atomic E-state index is 0.210. The van der Waals surface area contributed by atoms with E-state index in [1.54, 1.807) is 7.05 Å². The van der Waals surface area contributed by atoms with Gasteiger partial charge in [0.25, 0.3) is 0 Å². The summed E-state index contributed by atoms with van der Waals surface area (Å²) in [5, 5.41) is 11.5. The van der Waals surface area contributed by atoms with Crippen LogP contribution in [0.4, 0.5) is 18.9 Å². The molecule has 1 rings (SSSR count). The van der Waals surface area contributed by atoms with E-state index >= 15 is 0 Å². The predicted octanol–water partition coefficient (Wildman–Crippen LogP) is 1.27. The Balaban J connectivity index is 3.08. The molecule has 0 amide bonds. The summed E-state index contributed by atoms with van der Waals surface area (Å²) < 4.78 is 61.6. The molecule has 9 heteroatoms. The normalized spacial score (nSPS) is 12.7. The number of aliphatic hydroxyl groups excluding tert-OH is 1. The summed E-state index contributed by atoms with van der Waals surface area (Å²) in [5.74, 6) is 0. The number of alkyl halides is 3. The lowest BCUT2D eigenvalue weighted by Crippen LogP contribution is -2.40. The number of halogens is 3. The first kappa shape index (κ1) is 16.7. The van der Waals surface area contributed by atoms with Crippen LogP contribution in [0.2, 0.25) is 0 Å². The molecular formula is C11H15F3N2O3S. The van der Waals surface area contributed by atoms with Crippen LogP contribution in [0, 0.1) is 0 Å². The molecule has 0 unspecified atom stereocenters. The minimum Gasteiger partial charge on any atom is -0.395 e. The summed E-state index contributed by atoms with van der Waals surface area (Å²) in [6, 6.07) is 5.30. The topological polar surface area (TPSA) is 69.6 Å². The lowest BCUT2D eigenvalue weighted by Gasteiger charge is -2.22. The standard InChI is InChI=1S/C11H15F3N2O3S/c1-15-9-2-4-10(5-3-9)20(18,19)16(6-7-17)8-11(12,13)14/h2-5,15,17H,6-8H2,1H3. The van der Waals surface area contributed by atoms with Gasteiger partial charge in [-0.1, -0.05) is 0 Å². The molecule has 1 aromatic rings. The van der Waals surface area contributed by atoms with Crippen molar-refractivity contribution >= 4 is 15.7 Å². The fourth-order valence-electron chi connectivity index (χ4n) is 1.54. The highest BCUT2D eigenvalue weighted by atomic mass is 32.2. The van der Waals surface area contributed by atoms with Crippen LogP contribution in [0.1, 0.15) is 0 Å². The number of aliphatic hydroxyl groups is 1. The van der Waals surface area contributed by atoms with Crippen LogP contribution in [0.5, 0.6) is 0 Å². The SMILES string of the molecule is CNc1ccc(S(=O)(=O)N(CCO)CC(F)(F)F)cc1. The molecule has 1 aromatic carbocycles. The minimum atomic E-state index is -4.67. The maximum absolute atomic E-state index is 12.4. The van der Waals surface area contributed by atoms with E-state index in [1.165, 1.54) is 24.3 Å². The molecule has 0 saturated heterocycles. The fraction of sp³-hybridized carbons (Fsp3) is 0.455. The molecule has 0 bridgehead atoms. The van der Waals surface area contributed by atoms with Gasteiger partial charge in [-0.15, -0.1) is 0 Å². The highest BCUT2D eigenvalue weighted by molar-refractivity contribution is 7.89. The van der Waals surface area contributed by atoms with Crippen molar-refractivity contribution in [3.8, 4) is 0 Å². The number of nitrogens with zero attached hydrogens (tertiary/aromatic N) is 1. The van der Waals surface area contributed by atoms with Crippen molar-refractivity contribution in [1.29, 1.82) is 0 Å². The molecule has 5 nitrogen and oxygen atoms in total. The number of hydrogen-bond donors (Lipinski definition) is 2. The Labute approximate surface area is 115 Å². The molecule has 0 atom stereocenters. The number of nitrogens with one attached hydrogen (secondary N) is 1. The summed E-state index contributed by atoms with van der Waals surface area (Å²) in [4.78, 5) is -0.255. The smallest absolute Gasteiger partial charge is 0.395 e. The summed E-state index contributed by atoms with van der Waals surface area (Å²) >= 11 is 0. The Hall–Kier alpha value is -1.32. The van der Waals surface area contributed by atoms with Gasteiger partial charge in [0, 0.05) is 19.3 Å². The van der Waals surface area contributed by atoms with Gasteiger partial charge in [-0.2, -0.15) is 17.5 Å². The van der Waals surface area contributed by atoms with Crippen molar-refractivity contribution in [3.63, 3.8) is 0 Å². The average Bonchev–Trinajstić information content (AvgIpc) is 2.37. The summed E-state index contributed by atoms with van der Waals surface area (Å²) in [5.41, 5.74) is 0.633. The maximum Gasteiger partial charge on any atom is 0.402 e. The molecule has 0 aliphatic rings. The average molecular weight is 312 g/mol. The Bertz CT molecular complexity index is 529. The highest BCUT2D eigenvalue weighted by Crippen LogP contribution is 2.23. The monoisotopic (exact) mass is 312 g/mol. The lowest BCUT2D eigenvalue weighted by molar-refractivity contribution is -0.136. The quantitative estimate of drug-likeness (QED) is 0.830. The number of benzene rings is 1. The molecule has 0 aromatic heterocycles. The van der Waals surface area contributed by atoms with Gasteiger partial charge in [-0.05, 0) is 24.3 Å². The largest absolute Gasteiger partial charge is 0.402 e. The molecule has 0 aliphatic carbocycles. The van der Waals surface area contributed by atoms with E-state index in [-0.39, 0.29) is 9.20 Å². The molecule has 0 saturated carbocycles. The Kier molecular flexibility index (Phi) is 5.37. The molecule has 114 valence electrons. The van der Waals surface area contributed by atoms with E-state index < -0.39 is 35.9 Å². The Morgan fingerprint density at radius 3 is 2.20 bits per heavy atom. The zero-order valence-corrected chi connectivity index (χ0v) is 11.5. The second kappa shape index (κ2) is 6.42. The zero-order valence-electron chi connectivity index (χ0n) is 10.7. The van der Waals surface area contributed by atoms with E-state index in [0.717, 1.165) is 0 Å². The third kappa shape index (κ3) is 4.36. The predicted molar refractivity (Wildman–Crippen MR) is 67.9 cm³/mol. The number of hydrogen-bond acceptors (Lipinski definition) is 4. The van der Waals surface area contributed by atoms with Crippen LogP contribution in [0.15, 0.2) is 29.2 Å². The second-order valence-corrected chi connectivity index (χ2v) is 5.89. The molecule has 0 aliphatic heterocycles. The van der Waals surface area contributed by atoms with Crippen LogP contribution in [-0.4, -0.2) is 50.7 Å². The molecule has 0 heterocycles. The maximum atomic E-state index is 12.4. The van der Waals surface area contributed by atoms with E-state index in [9.17, 15) is 21.6 Å². The molecule has 0 fully saturated rings. The van der Waals surface area contributed by atoms with Gasteiger partial charge in [0.1, 0.15) is 6.54 Å². The van der Waals surface area contributed by atoms with E-state index in [1.807, 2.05) is 0 Å².